The molecule has 0 aromatic carbocycles. The molecule has 0 rings (SSSR count). The van der Waals surface area contributed by atoms with Crippen molar-refractivity contribution < 1.29 is 39.0 Å². The first-order valence-electron chi connectivity index (χ1n) is 11.6. The van der Waals surface area contributed by atoms with Gasteiger partial charge < -0.3 is 49.1 Å². The van der Waals surface area contributed by atoms with E-state index in [9.17, 15) is 33.9 Å². The molecule has 210 valence electrons. The number of aliphatic carboxylic acids is 2. The Morgan fingerprint density at radius 1 is 0.865 bits per heavy atom. The predicted octanol–water partition coefficient (Wildman–Crippen LogP) is -3.31. The Balaban J connectivity index is 5.72. The first-order chi connectivity index (χ1) is 17.2. The molecule has 16 heteroatoms. The van der Waals surface area contributed by atoms with Gasteiger partial charge in [-0.1, -0.05) is 20.3 Å². The van der Waals surface area contributed by atoms with E-state index in [0.29, 0.717) is 6.42 Å². The molecule has 0 saturated carbocycles. The zero-order valence-corrected chi connectivity index (χ0v) is 20.9. The molecule has 0 spiro atoms. The van der Waals surface area contributed by atoms with Crippen LogP contribution in [0, 0.1) is 5.92 Å². The van der Waals surface area contributed by atoms with Crippen molar-refractivity contribution in [1.29, 1.82) is 0 Å². The van der Waals surface area contributed by atoms with Crippen molar-refractivity contribution in [1.82, 2.24) is 16.0 Å². The van der Waals surface area contributed by atoms with Gasteiger partial charge in [-0.3, -0.25) is 29.0 Å². The third-order valence-electron chi connectivity index (χ3n) is 5.39. The number of nitrogens with one attached hydrogen (secondary N) is 3. The summed E-state index contributed by atoms with van der Waals surface area (Å²) >= 11 is 0. The fraction of sp³-hybridized carbons (Fsp3) is 0.667. The molecule has 13 N–H and O–H groups in total. The van der Waals surface area contributed by atoms with Gasteiger partial charge in [-0.25, -0.2) is 4.79 Å². The van der Waals surface area contributed by atoms with Crippen molar-refractivity contribution in [2.75, 3.05) is 6.54 Å². The number of amides is 4. The quantitative estimate of drug-likeness (QED) is 0.0480. The Morgan fingerprint density at radius 3 is 1.95 bits per heavy atom. The van der Waals surface area contributed by atoms with Crippen LogP contribution in [0.15, 0.2) is 4.99 Å². The number of carboxylic acids is 2. The van der Waals surface area contributed by atoms with Crippen molar-refractivity contribution in [3.63, 3.8) is 0 Å². The van der Waals surface area contributed by atoms with Crippen molar-refractivity contribution in [3.05, 3.63) is 0 Å². The summed E-state index contributed by atoms with van der Waals surface area (Å²) in [6, 6.07) is -5.22. The monoisotopic (exact) mass is 530 g/mol. The molecular formula is C21H38N8O8. The van der Waals surface area contributed by atoms with Crippen molar-refractivity contribution in [3.8, 4) is 0 Å². The van der Waals surface area contributed by atoms with E-state index in [1.165, 1.54) is 0 Å². The van der Waals surface area contributed by atoms with Crippen LogP contribution in [0.25, 0.3) is 0 Å². The maximum atomic E-state index is 13.1. The fourth-order valence-corrected chi connectivity index (χ4v) is 3.10. The largest absolute Gasteiger partial charge is 0.481 e. The minimum atomic E-state index is -1.52. The van der Waals surface area contributed by atoms with E-state index >= 15 is 0 Å². The molecule has 0 bridgehead atoms. The van der Waals surface area contributed by atoms with E-state index in [-0.39, 0.29) is 31.8 Å². The van der Waals surface area contributed by atoms with Gasteiger partial charge in [0.05, 0.1) is 12.5 Å². The Hall–Kier alpha value is -3.95. The summed E-state index contributed by atoms with van der Waals surface area (Å²) < 4.78 is 0. The molecule has 16 nitrogen and oxygen atoms in total. The Labute approximate surface area is 214 Å². The normalized spacial score (nSPS) is 14.7. The number of hydrogen-bond donors (Lipinski definition) is 9. The summed E-state index contributed by atoms with van der Waals surface area (Å²) in [7, 11) is 0. The van der Waals surface area contributed by atoms with E-state index in [1.54, 1.807) is 13.8 Å². The van der Waals surface area contributed by atoms with Crippen LogP contribution in [0.5, 0.6) is 0 Å². The highest BCUT2D eigenvalue weighted by Crippen LogP contribution is 2.11. The first-order valence-corrected chi connectivity index (χ1v) is 11.6. The van der Waals surface area contributed by atoms with Gasteiger partial charge in [0.1, 0.15) is 18.1 Å². The smallest absolute Gasteiger partial charge is 0.326 e. The number of hydrogen-bond acceptors (Lipinski definition) is 8. The van der Waals surface area contributed by atoms with Crippen LogP contribution >= 0.6 is 0 Å². The number of rotatable bonds is 18. The predicted molar refractivity (Wildman–Crippen MR) is 131 cm³/mol. The molecule has 0 fully saturated rings. The number of carboxylic acid groups (broad SMARTS) is 2. The topological polar surface area (TPSA) is 295 Å². The zero-order valence-electron chi connectivity index (χ0n) is 20.9. The fourth-order valence-electron chi connectivity index (χ4n) is 3.10. The average Bonchev–Trinajstić information content (AvgIpc) is 2.79. The Bertz CT molecular complexity index is 861. The maximum absolute atomic E-state index is 13.1. The lowest BCUT2D eigenvalue weighted by atomic mass is 9.97. The highest BCUT2D eigenvalue weighted by molar-refractivity contribution is 5.95. The van der Waals surface area contributed by atoms with Crippen LogP contribution in [0.4, 0.5) is 0 Å². The number of nitrogens with two attached hydrogens (primary N) is 4. The van der Waals surface area contributed by atoms with Crippen molar-refractivity contribution in [2.45, 2.75) is 76.5 Å². The molecule has 0 heterocycles. The molecule has 4 amide bonds. The van der Waals surface area contributed by atoms with Gasteiger partial charge in [0.2, 0.25) is 23.6 Å². The molecule has 0 saturated heterocycles. The second-order valence-corrected chi connectivity index (χ2v) is 8.49. The van der Waals surface area contributed by atoms with Gasteiger partial charge in [0, 0.05) is 13.0 Å². The number of carbonyl (C=O) groups excluding carboxylic acids is 4. The van der Waals surface area contributed by atoms with E-state index in [1.807, 2.05) is 0 Å². The lowest BCUT2D eigenvalue weighted by molar-refractivity contribution is -0.143. The lowest BCUT2D eigenvalue weighted by Gasteiger charge is -2.28. The van der Waals surface area contributed by atoms with Gasteiger partial charge in [0.25, 0.3) is 0 Å². The lowest BCUT2D eigenvalue weighted by Crippen LogP contribution is -2.58. The highest BCUT2D eigenvalue weighted by Gasteiger charge is 2.32. The van der Waals surface area contributed by atoms with Crippen LogP contribution in [-0.4, -0.2) is 82.5 Å². The summed E-state index contributed by atoms with van der Waals surface area (Å²) in [5.41, 5.74) is 21.3. The summed E-state index contributed by atoms with van der Waals surface area (Å²) in [4.78, 5) is 75.6. The zero-order chi connectivity index (χ0) is 28.7. The van der Waals surface area contributed by atoms with Gasteiger partial charge in [-0.2, -0.15) is 0 Å². The summed E-state index contributed by atoms with van der Waals surface area (Å²) in [5.74, 6) is -6.54. The van der Waals surface area contributed by atoms with Crippen LogP contribution in [0.1, 0.15) is 52.4 Å². The number of carbonyl (C=O) groups is 6. The van der Waals surface area contributed by atoms with E-state index in [2.05, 4.69) is 20.9 Å². The summed E-state index contributed by atoms with van der Waals surface area (Å²) in [6.45, 7) is 3.54. The maximum Gasteiger partial charge on any atom is 0.326 e. The van der Waals surface area contributed by atoms with Crippen LogP contribution in [-0.2, 0) is 28.8 Å². The number of nitrogens with zero attached hydrogens (tertiary/aromatic N) is 1. The van der Waals surface area contributed by atoms with Crippen LogP contribution < -0.4 is 38.9 Å². The average molecular weight is 531 g/mol. The van der Waals surface area contributed by atoms with E-state index in [0.717, 1.165) is 0 Å². The number of guanidine groups is 1. The van der Waals surface area contributed by atoms with Gasteiger partial charge in [-0.15, -0.1) is 0 Å². The van der Waals surface area contributed by atoms with Gasteiger partial charge >= 0.3 is 11.9 Å². The third kappa shape index (κ3) is 13.6. The molecule has 0 aromatic rings. The molecule has 0 aliphatic rings. The van der Waals surface area contributed by atoms with Crippen LogP contribution in [0.3, 0.4) is 0 Å². The molecular weight excluding hydrogens is 492 g/mol. The highest BCUT2D eigenvalue weighted by atomic mass is 16.4. The Morgan fingerprint density at radius 2 is 1.46 bits per heavy atom. The van der Waals surface area contributed by atoms with Gasteiger partial charge in [0.15, 0.2) is 5.96 Å². The van der Waals surface area contributed by atoms with Crippen LogP contribution in [0.2, 0.25) is 0 Å². The van der Waals surface area contributed by atoms with E-state index < -0.39 is 78.5 Å². The molecule has 0 aliphatic carbocycles. The molecule has 0 aromatic heterocycles. The second-order valence-electron chi connectivity index (χ2n) is 8.49. The second kappa shape index (κ2) is 16.7. The molecule has 0 radical (unpaired) electrons. The Kier molecular flexibility index (Phi) is 14.9. The first kappa shape index (κ1) is 33.0. The van der Waals surface area contributed by atoms with Gasteiger partial charge in [-0.05, 0) is 25.2 Å². The molecule has 5 atom stereocenters. The minimum absolute atomic E-state index is 0.0119. The summed E-state index contributed by atoms with van der Waals surface area (Å²) in [5, 5.41) is 25.4. The minimum Gasteiger partial charge on any atom is -0.481 e. The van der Waals surface area contributed by atoms with Crippen molar-refractivity contribution >= 4 is 41.5 Å². The van der Waals surface area contributed by atoms with E-state index in [4.69, 9.17) is 28.0 Å². The van der Waals surface area contributed by atoms with Crippen molar-refractivity contribution in [2.24, 2.45) is 33.8 Å². The number of aliphatic imine (C=N–C) groups is 1. The third-order valence-corrected chi connectivity index (χ3v) is 5.39. The number of primary amides is 1. The molecule has 37 heavy (non-hydrogen) atoms. The SMILES string of the molecule is CCC(C)C(NC(=O)C(N)CC(N)=O)C(=O)NC(CCCN=C(N)N)C(=O)NC(CCC(=O)O)C(=O)O. The summed E-state index contributed by atoms with van der Waals surface area (Å²) in [6.07, 6.45) is -0.680. The molecule has 0 aliphatic heterocycles. The standard InChI is InChI=1S/C21H38N8O8/c1-3-10(2)16(29-17(33)11(22)9-14(23)30)19(35)27-12(5-4-8-26-21(24)25)18(34)28-13(20(36)37)6-7-15(31)32/h10-13,16H,3-9,22H2,1-2H3,(H2,23,30)(H,27,35)(H,28,34)(H,29,33)(H,31,32)(H,36,37)(H4,24,25,26). The molecule has 5 unspecified atom stereocenters.